The van der Waals surface area contributed by atoms with Gasteiger partial charge in [-0.05, 0) is 92.5 Å². The number of alkyl carbamates (subject to hydrolysis) is 2. The van der Waals surface area contributed by atoms with Gasteiger partial charge in [-0.1, -0.05) is 51.7 Å². The van der Waals surface area contributed by atoms with Crippen LogP contribution in [0.25, 0.3) is 22.3 Å². The Balaban J connectivity index is 0.965. The number of fused-ring (bicyclic) bond motifs is 5. The number of aromatic amines is 2. The number of ether oxygens (including phenoxy) is 2. The largest absolute Gasteiger partial charge is 0.453 e. The van der Waals surface area contributed by atoms with Crippen LogP contribution in [0, 0.1) is 35.5 Å². The number of aromatic nitrogens is 4. The Morgan fingerprint density at radius 3 is 1.81 bits per heavy atom. The van der Waals surface area contributed by atoms with Gasteiger partial charge in [-0.15, -0.1) is 0 Å². The molecule has 4 fully saturated rings. The predicted molar refractivity (Wildman–Crippen MR) is 216 cm³/mol. The van der Waals surface area contributed by atoms with Crippen LogP contribution in [0.5, 0.6) is 0 Å². The van der Waals surface area contributed by atoms with Crippen molar-refractivity contribution in [1.82, 2.24) is 40.4 Å². The van der Waals surface area contributed by atoms with E-state index in [9.17, 15) is 19.2 Å². The van der Waals surface area contributed by atoms with Gasteiger partial charge in [0.1, 0.15) is 23.7 Å². The Labute approximate surface area is 338 Å². The third-order valence-electron chi connectivity index (χ3n) is 12.7. The van der Waals surface area contributed by atoms with Gasteiger partial charge >= 0.3 is 12.2 Å². The van der Waals surface area contributed by atoms with Gasteiger partial charge in [0.15, 0.2) is 0 Å². The second-order valence-corrected chi connectivity index (χ2v) is 16.9. The first kappa shape index (κ1) is 39.0. The monoisotopic (exact) mass is 788 g/mol. The van der Waals surface area contributed by atoms with E-state index in [1.54, 1.807) is 0 Å². The van der Waals surface area contributed by atoms with Gasteiger partial charge < -0.3 is 39.9 Å². The molecule has 8 atom stereocenters. The molecule has 14 heteroatoms. The first-order valence-corrected chi connectivity index (χ1v) is 20.4. The number of piperidine rings is 2. The summed E-state index contributed by atoms with van der Waals surface area (Å²) < 4.78 is 9.63. The summed E-state index contributed by atoms with van der Waals surface area (Å²) in [7, 11) is 2.60. The normalized spacial score (nSPS) is 24.2. The molecule has 4 heterocycles. The maximum Gasteiger partial charge on any atom is 0.407 e. The molecule has 0 radical (unpaired) electrons. The Kier molecular flexibility index (Phi) is 10.6. The average molecular weight is 789 g/mol. The molecule has 8 rings (SSSR count). The van der Waals surface area contributed by atoms with Crippen LogP contribution in [0.2, 0.25) is 0 Å². The molecule has 4 bridgehead atoms. The van der Waals surface area contributed by atoms with Crippen molar-refractivity contribution in [1.29, 1.82) is 0 Å². The van der Waals surface area contributed by atoms with Crippen LogP contribution in [0.4, 0.5) is 9.59 Å². The molecule has 304 valence electrons. The second kappa shape index (κ2) is 15.8. The number of hydrogen-bond acceptors (Lipinski definition) is 8. The summed E-state index contributed by atoms with van der Waals surface area (Å²) in [6, 6.07) is 12.3. The van der Waals surface area contributed by atoms with E-state index >= 15 is 0 Å². The van der Waals surface area contributed by atoms with Crippen LogP contribution >= 0.6 is 0 Å². The zero-order valence-corrected chi connectivity index (χ0v) is 33.9. The molecule has 2 saturated heterocycles. The number of nitrogens with one attached hydrogen (secondary N) is 4. The summed E-state index contributed by atoms with van der Waals surface area (Å²) in [6.45, 7) is 7.69. The van der Waals surface area contributed by atoms with Crippen LogP contribution in [0.1, 0.15) is 101 Å². The van der Waals surface area contributed by atoms with E-state index in [0.29, 0.717) is 11.8 Å². The van der Waals surface area contributed by atoms with Crippen LogP contribution in [-0.2, 0) is 19.1 Å². The third kappa shape index (κ3) is 7.27. The lowest BCUT2D eigenvalue weighted by Crippen LogP contribution is -2.54. The summed E-state index contributed by atoms with van der Waals surface area (Å²) in [6.07, 6.45) is 6.46. The fraction of sp³-hybridized carbons (Fsp3) is 0.500. The zero-order valence-electron chi connectivity index (χ0n) is 33.9. The Morgan fingerprint density at radius 1 is 0.724 bits per heavy atom. The lowest BCUT2D eigenvalue weighted by atomic mass is 9.95. The lowest BCUT2D eigenvalue weighted by Gasteiger charge is -2.37. The van der Waals surface area contributed by atoms with Crippen molar-refractivity contribution in [3.63, 3.8) is 0 Å². The smallest absolute Gasteiger partial charge is 0.407 e. The molecule has 58 heavy (non-hydrogen) atoms. The highest BCUT2D eigenvalue weighted by Crippen LogP contribution is 2.51. The Morgan fingerprint density at radius 2 is 1.26 bits per heavy atom. The van der Waals surface area contributed by atoms with Crippen molar-refractivity contribution in [3.8, 4) is 23.1 Å². The molecule has 2 aromatic heterocycles. The van der Waals surface area contributed by atoms with Crippen LogP contribution < -0.4 is 10.6 Å². The van der Waals surface area contributed by atoms with Crippen molar-refractivity contribution in [2.45, 2.75) is 102 Å². The molecule has 0 spiro atoms. The van der Waals surface area contributed by atoms with Gasteiger partial charge in [0.05, 0.1) is 43.0 Å². The third-order valence-corrected chi connectivity index (χ3v) is 12.7. The molecule has 4 N–H and O–H groups in total. The summed E-state index contributed by atoms with van der Waals surface area (Å²) >= 11 is 0. The van der Waals surface area contributed by atoms with Crippen molar-refractivity contribution in [3.05, 3.63) is 71.4 Å². The first-order valence-electron chi connectivity index (χ1n) is 20.4. The minimum Gasteiger partial charge on any atom is -0.453 e. The number of hydrogen-bond donors (Lipinski definition) is 4. The quantitative estimate of drug-likeness (QED) is 0.145. The van der Waals surface area contributed by atoms with Crippen molar-refractivity contribution in [2.24, 2.45) is 23.7 Å². The van der Waals surface area contributed by atoms with Gasteiger partial charge in [0, 0.05) is 35.0 Å². The highest BCUT2D eigenvalue weighted by molar-refractivity contribution is 5.88. The van der Waals surface area contributed by atoms with E-state index < -0.39 is 24.3 Å². The molecule has 4 amide bonds. The number of carbonyl (C=O) groups is 4. The average Bonchev–Trinajstić information content (AvgIpc) is 4.09. The second-order valence-electron chi connectivity index (χ2n) is 16.9. The molecule has 2 aromatic carbocycles. The molecular formula is C44H52N8O6. The fourth-order valence-corrected chi connectivity index (χ4v) is 9.78. The number of nitrogens with zero attached hydrogens (tertiary/aromatic N) is 4. The number of H-pyrrole nitrogens is 2. The maximum absolute atomic E-state index is 14.0. The number of likely N-dealkylation sites (tertiary alicyclic amines) is 2. The number of carbonyl (C=O) groups excluding carboxylic acids is 4. The molecule has 14 nitrogen and oxygen atoms in total. The molecule has 4 aliphatic rings. The van der Waals surface area contributed by atoms with Crippen LogP contribution in [0.3, 0.4) is 0 Å². The van der Waals surface area contributed by atoms with Gasteiger partial charge in [-0.25, -0.2) is 19.6 Å². The lowest BCUT2D eigenvalue weighted by molar-refractivity contribution is -0.140. The van der Waals surface area contributed by atoms with E-state index in [4.69, 9.17) is 19.4 Å². The molecule has 2 aliphatic carbocycles. The molecule has 4 aromatic rings. The SMILES string of the molecule is COC(=O)N[C@H](C(=O)N1[C@@H]2CC[C@@H](C2)[C@H]1c1nc(-c2ccc(C#Cc3ccc4[nH]c([C@@H]5[C@H]6CC[C@H](C6)N5C(=O)[C@@H](NC(=O)OC)C(C)C)nc4c3)cc2)c[nH]1)C(C)C. The van der Waals surface area contributed by atoms with Gasteiger partial charge in [-0.3, -0.25) is 9.59 Å². The predicted octanol–water partition coefficient (Wildman–Crippen LogP) is 6.22. The number of amides is 4. The van der Waals surface area contributed by atoms with Gasteiger partial charge in [0.2, 0.25) is 11.8 Å². The van der Waals surface area contributed by atoms with Crippen molar-refractivity contribution >= 4 is 35.0 Å². The summed E-state index contributed by atoms with van der Waals surface area (Å²) in [5.74, 6) is 8.27. The Bertz CT molecular complexity index is 2270. The summed E-state index contributed by atoms with van der Waals surface area (Å²) in [4.78, 5) is 72.8. The van der Waals surface area contributed by atoms with Gasteiger partial charge in [0.25, 0.3) is 0 Å². The standard InChI is InChI=1S/C44H52N8O6/c1-23(2)35(49-43(55)57-5)41(53)51-30-16-14-28(20-30)37(51)39-45-22-34(48-39)27-12-9-25(10-13-27)7-8-26-11-18-32-33(19-26)47-40(46-32)38-29-15-17-31(21-29)52(38)42(54)36(24(3)4)50-44(56)58-6/h9-13,18-19,22-24,28-31,35-38H,14-17,20-21H2,1-6H3,(H,45,48)(H,46,47)(H,49,55)(H,50,56)/t28-,29-,30+,31+,35-,36-,37-,38-/m0/s1. The number of methoxy groups -OCH3 is 2. The molecule has 2 saturated carbocycles. The first-order chi connectivity index (χ1) is 27.9. The van der Waals surface area contributed by atoms with E-state index in [1.807, 2.05) is 86.2 Å². The van der Waals surface area contributed by atoms with Gasteiger partial charge in [-0.2, -0.15) is 0 Å². The fourth-order valence-electron chi connectivity index (χ4n) is 9.78. The zero-order chi connectivity index (χ0) is 40.8. The maximum atomic E-state index is 14.0. The summed E-state index contributed by atoms with van der Waals surface area (Å²) in [5, 5.41) is 5.50. The van der Waals surface area contributed by atoms with E-state index in [1.165, 1.54) is 14.2 Å². The van der Waals surface area contributed by atoms with E-state index in [0.717, 1.165) is 83.6 Å². The molecular weight excluding hydrogens is 737 g/mol. The number of rotatable bonds is 9. The van der Waals surface area contributed by atoms with Crippen molar-refractivity contribution < 1.29 is 28.7 Å². The van der Waals surface area contributed by atoms with Crippen molar-refractivity contribution in [2.75, 3.05) is 14.2 Å². The van der Waals surface area contributed by atoms with Crippen LogP contribution in [-0.4, -0.2) is 92.1 Å². The van der Waals surface area contributed by atoms with E-state index in [2.05, 4.69) is 32.4 Å². The van der Waals surface area contributed by atoms with Crippen LogP contribution in [0.15, 0.2) is 48.7 Å². The minimum atomic E-state index is -0.691. The minimum absolute atomic E-state index is 0.101. The number of benzene rings is 2. The summed E-state index contributed by atoms with van der Waals surface area (Å²) in [5.41, 5.74) is 5.04. The Hall–Kier alpha value is -5.84. The highest BCUT2D eigenvalue weighted by Gasteiger charge is 2.53. The topological polar surface area (TPSA) is 175 Å². The molecule has 0 unspecified atom stereocenters. The van der Waals surface area contributed by atoms with E-state index in [-0.39, 0.29) is 47.8 Å². The highest BCUT2D eigenvalue weighted by atomic mass is 16.5. The molecule has 2 aliphatic heterocycles. The number of imidazole rings is 2.